The molecule has 0 spiro atoms. The predicted octanol–water partition coefficient (Wildman–Crippen LogP) is 2.26. The van der Waals surface area contributed by atoms with Gasteiger partial charge in [-0.15, -0.1) is 0 Å². The van der Waals surface area contributed by atoms with Crippen molar-refractivity contribution in [2.24, 2.45) is 0 Å². The van der Waals surface area contributed by atoms with Crippen LogP contribution in [0.5, 0.6) is 0 Å². The van der Waals surface area contributed by atoms with Gasteiger partial charge in [0.1, 0.15) is 5.69 Å². The summed E-state index contributed by atoms with van der Waals surface area (Å²) < 4.78 is 15.0. The maximum Gasteiger partial charge on any atom is 0.272 e. The Balaban J connectivity index is 1.62. The zero-order valence-corrected chi connectivity index (χ0v) is 14.0. The van der Waals surface area contributed by atoms with Crippen LogP contribution >= 0.6 is 0 Å². The second kappa shape index (κ2) is 7.01. The third-order valence-electron chi connectivity index (χ3n) is 4.32. The molecule has 0 aliphatic carbocycles. The Hall–Kier alpha value is -2.76. The minimum atomic E-state index is -2.06. The van der Waals surface area contributed by atoms with Crippen molar-refractivity contribution in [2.45, 2.75) is 25.6 Å². The van der Waals surface area contributed by atoms with Crippen molar-refractivity contribution in [3.05, 3.63) is 65.5 Å². The number of nitrogens with zero attached hydrogens (tertiary/aromatic N) is 2. The van der Waals surface area contributed by atoms with Crippen LogP contribution in [0.15, 0.2) is 48.5 Å². The number of amides is 2. The number of hydrogen-bond acceptors (Lipinski definition) is 3. The number of aryl methyl sites for hydroxylation is 1. The number of halogens is 1. The number of carbonyl (C=O) groups is 2. The van der Waals surface area contributed by atoms with E-state index in [9.17, 15) is 14.0 Å². The molecule has 6 heteroatoms. The van der Waals surface area contributed by atoms with E-state index in [0.29, 0.717) is 0 Å². The quantitative estimate of drug-likeness (QED) is 0.928. The fourth-order valence-electron chi connectivity index (χ4n) is 2.89. The Bertz CT molecular complexity index is 781. The van der Waals surface area contributed by atoms with Gasteiger partial charge in [0.25, 0.3) is 11.8 Å². The van der Waals surface area contributed by atoms with Crippen LogP contribution in [0, 0.1) is 6.92 Å². The number of nitrogens with one attached hydrogen (secondary N) is 1. The topological polar surface area (TPSA) is 62.3 Å². The molecule has 3 rings (SSSR count). The number of carbonyl (C=O) groups excluding carboxylic acids is 2. The summed E-state index contributed by atoms with van der Waals surface area (Å²) in [7, 11) is 0. The largest absolute Gasteiger partial charge is 0.349 e. The van der Waals surface area contributed by atoms with Gasteiger partial charge in [-0.05, 0) is 24.6 Å². The van der Waals surface area contributed by atoms with Crippen LogP contribution in [0.3, 0.4) is 0 Å². The zero-order chi connectivity index (χ0) is 17.9. The number of hydrogen-bond donors (Lipinski definition) is 1. The summed E-state index contributed by atoms with van der Waals surface area (Å²) in [6, 6.07) is 14.4. The van der Waals surface area contributed by atoms with E-state index in [2.05, 4.69) is 10.3 Å². The normalized spacial score (nSPS) is 19.7. The van der Waals surface area contributed by atoms with Crippen molar-refractivity contribution in [1.82, 2.24) is 15.2 Å². The average molecular weight is 341 g/mol. The van der Waals surface area contributed by atoms with Crippen LogP contribution in [0.25, 0.3) is 0 Å². The van der Waals surface area contributed by atoms with Crippen LogP contribution < -0.4 is 5.32 Å². The van der Waals surface area contributed by atoms with Crippen molar-refractivity contribution >= 4 is 11.8 Å². The minimum absolute atomic E-state index is 0.00875. The monoisotopic (exact) mass is 341 g/mol. The first-order chi connectivity index (χ1) is 12.0. The van der Waals surface area contributed by atoms with E-state index < -0.39 is 11.6 Å². The van der Waals surface area contributed by atoms with Crippen LogP contribution in [-0.2, 0) is 11.3 Å². The van der Waals surface area contributed by atoms with Crippen LogP contribution in [0.1, 0.15) is 28.2 Å². The Kier molecular flexibility index (Phi) is 4.79. The highest BCUT2D eigenvalue weighted by Gasteiger charge is 2.46. The molecule has 0 radical (unpaired) electrons. The lowest BCUT2D eigenvalue weighted by Crippen LogP contribution is -2.45. The Morgan fingerprint density at radius 3 is 2.68 bits per heavy atom. The summed E-state index contributed by atoms with van der Waals surface area (Å²) in [5.41, 5.74) is -0.172. The predicted molar refractivity (Wildman–Crippen MR) is 91.6 cm³/mol. The van der Waals surface area contributed by atoms with Gasteiger partial charge >= 0.3 is 0 Å². The molecular formula is C19H20FN3O2. The smallest absolute Gasteiger partial charge is 0.272 e. The molecule has 5 nitrogen and oxygen atoms in total. The van der Waals surface area contributed by atoms with E-state index in [-0.39, 0.29) is 37.7 Å². The van der Waals surface area contributed by atoms with E-state index >= 15 is 0 Å². The van der Waals surface area contributed by atoms with Crippen molar-refractivity contribution in [3.8, 4) is 0 Å². The lowest BCUT2D eigenvalue weighted by atomic mass is 10.0. The highest BCUT2D eigenvalue weighted by Crippen LogP contribution is 2.27. The fourth-order valence-corrected chi connectivity index (χ4v) is 2.89. The SMILES string of the molecule is Cc1cccc(C(=O)N2CCC(F)(C(=O)NCc3ccccc3)C2)n1. The number of rotatable bonds is 4. The molecule has 1 aromatic carbocycles. The van der Waals surface area contributed by atoms with Gasteiger partial charge in [-0.2, -0.15) is 0 Å². The van der Waals surface area contributed by atoms with Gasteiger partial charge < -0.3 is 10.2 Å². The van der Waals surface area contributed by atoms with Gasteiger partial charge in [0.15, 0.2) is 0 Å². The molecule has 1 aliphatic heterocycles. The summed E-state index contributed by atoms with van der Waals surface area (Å²) in [6.45, 7) is 2.00. The maximum atomic E-state index is 15.0. The highest BCUT2D eigenvalue weighted by molar-refractivity contribution is 5.94. The molecular weight excluding hydrogens is 321 g/mol. The van der Waals surface area contributed by atoms with Gasteiger partial charge in [0.2, 0.25) is 5.67 Å². The van der Waals surface area contributed by atoms with Crippen molar-refractivity contribution in [1.29, 1.82) is 0 Å². The summed E-state index contributed by atoms with van der Waals surface area (Å²) in [6.07, 6.45) is -0.00875. The third-order valence-corrected chi connectivity index (χ3v) is 4.32. The molecule has 1 aliphatic rings. The van der Waals surface area contributed by atoms with E-state index in [1.165, 1.54) is 4.90 Å². The Morgan fingerprint density at radius 2 is 1.96 bits per heavy atom. The molecule has 130 valence electrons. The molecule has 1 atom stereocenters. The van der Waals surface area contributed by atoms with Gasteiger partial charge in [0.05, 0.1) is 6.54 Å². The van der Waals surface area contributed by atoms with E-state index in [1.807, 2.05) is 30.3 Å². The second-order valence-corrected chi connectivity index (χ2v) is 6.27. The highest BCUT2D eigenvalue weighted by atomic mass is 19.1. The first-order valence-electron chi connectivity index (χ1n) is 8.22. The number of alkyl halides is 1. The number of likely N-dealkylation sites (tertiary alicyclic amines) is 1. The van der Waals surface area contributed by atoms with Gasteiger partial charge in [0, 0.05) is 25.2 Å². The molecule has 25 heavy (non-hydrogen) atoms. The van der Waals surface area contributed by atoms with Crippen LogP contribution in [0.4, 0.5) is 4.39 Å². The molecule has 2 heterocycles. The standard InChI is InChI=1S/C19H20FN3O2/c1-14-6-5-9-16(22-14)17(24)23-11-10-19(20,13-23)18(25)21-12-15-7-3-2-4-8-15/h2-9H,10-13H2,1H3,(H,21,25). The molecule has 1 N–H and O–H groups in total. The molecule has 2 aromatic rings. The third kappa shape index (κ3) is 3.84. The summed E-state index contributed by atoms with van der Waals surface area (Å²) >= 11 is 0. The first kappa shape index (κ1) is 17.1. The van der Waals surface area contributed by atoms with Crippen LogP contribution in [0.2, 0.25) is 0 Å². The molecule has 1 saturated heterocycles. The molecule has 2 amide bonds. The minimum Gasteiger partial charge on any atom is -0.349 e. The molecule has 0 saturated carbocycles. The number of aromatic nitrogens is 1. The molecule has 0 bridgehead atoms. The van der Waals surface area contributed by atoms with Gasteiger partial charge in [-0.1, -0.05) is 36.4 Å². The fraction of sp³-hybridized carbons (Fsp3) is 0.316. The zero-order valence-electron chi connectivity index (χ0n) is 14.0. The lowest BCUT2D eigenvalue weighted by Gasteiger charge is -2.20. The average Bonchev–Trinajstić information content (AvgIpc) is 3.03. The van der Waals surface area contributed by atoms with Crippen LogP contribution in [-0.4, -0.2) is 40.5 Å². The summed E-state index contributed by atoms with van der Waals surface area (Å²) in [5, 5.41) is 2.62. The molecule has 1 unspecified atom stereocenters. The van der Waals surface area contributed by atoms with E-state index in [1.54, 1.807) is 25.1 Å². The Morgan fingerprint density at radius 1 is 1.20 bits per heavy atom. The van der Waals surface area contributed by atoms with E-state index in [4.69, 9.17) is 0 Å². The maximum absolute atomic E-state index is 15.0. The number of pyridine rings is 1. The van der Waals surface area contributed by atoms with Crippen molar-refractivity contribution in [2.75, 3.05) is 13.1 Å². The summed E-state index contributed by atoms with van der Waals surface area (Å²) in [4.78, 5) is 30.2. The van der Waals surface area contributed by atoms with Crippen molar-refractivity contribution in [3.63, 3.8) is 0 Å². The number of benzene rings is 1. The lowest BCUT2D eigenvalue weighted by molar-refractivity contribution is -0.132. The molecule has 1 aromatic heterocycles. The van der Waals surface area contributed by atoms with Gasteiger partial charge in [-0.25, -0.2) is 9.37 Å². The van der Waals surface area contributed by atoms with Gasteiger partial charge in [-0.3, -0.25) is 9.59 Å². The second-order valence-electron chi connectivity index (χ2n) is 6.27. The Labute approximate surface area is 145 Å². The first-order valence-corrected chi connectivity index (χ1v) is 8.22. The summed E-state index contributed by atoms with van der Waals surface area (Å²) in [5.74, 6) is -1.03. The van der Waals surface area contributed by atoms with E-state index in [0.717, 1.165) is 11.3 Å². The van der Waals surface area contributed by atoms with Crippen molar-refractivity contribution < 1.29 is 14.0 Å². The molecule has 1 fully saturated rings.